The molecule has 8 heteroatoms. The highest BCUT2D eigenvalue weighted by Gasteiger charge is 2.22. The molecule has 0 spiro atoms. The van der Waals surface area contributed by atoms with Crippen LogP contribution in [0.25, 0.3) is 5.69 Å². The molecule has 0 bridgehead atoms. The van der Waals surface area contributed by atoms with Crippen LogP contribution in [0.2, 0.25) is 0 Å². The van der Waals surface area contributed by atoms with Gasteiger partial charge >= 0.3 is 5.97 Å². The fourth-order valence-corrected chi connectivity index (χ4v) is 3.63. The lowest BCUT2D eigenvalue weighted by molar-refractivity contribution is -0.385. The Morgan fingerprint density at radius 1 is 1.07 bits per heavy atom. The van der Waals surface area contributed by atoms with E-state index in [-0.39, 0.29) is 22.6 Å². The summed E-state index contributed by atoms with van der Waals surface area (Å²) in [6.07, 6.45) is 0. The molecule has 0 N–H and O–H groups in total. The van der Waals surface area contributed by atoms with Crippen LogP contribution < -0.4 is 0 Å². The van der Waals surface area contributed by atoms with Crippen LogP contribution in [0.5, 0.6) is 0 Å². The monoisotopic (exact) mass is 470 g/mol. The zero-order valence-electron chi connectivity index (χ0n) is 16.6. The molecule has 0 aliphatic heterocycles. The molecule has 2 aromatic carbocycles. The molecule has 0 fully saturated rings. The Kier molecular flexibility index (Phi) is 6.17. The molecule has 3 rings (SSSR count). The minimum absolute atomic E-state index is 0.0670. The van der Waals surface area contributed by atoms with Crippen LogP contribution in [0, 0.1) is 30.9 Å². The standard InChI is InChI=1S/C22H19BrN2O5/c1-13-11-19(15(3)24(13)17-9-7-16(23)8-10-17)21(26)12-30-22(27)18-5-4-6-20(14(18)2)25(28)29/h4-11H,12H2,1-3H3. The summed E-state index contributed by atoms with van der Waals surface area (Å²) in [5, 5.41) is 11.0. The Morgan fingerprint density at radius 2 is 1.73 bits per heavy atom. The summed E-state index contributed by atoms with van der Waals surface area (Å²) >= 11 is 3.40. The lowest BCUT2D eigenvalue weighted by Crippen LogP contribution is -2.16. The van der Waals surface area contributed by atoms with E-state index in [0.717, 1.165) is 21.5 Å². The van der Waals surface area contributed by atoms with E-state index >= 15 is 0 Å². The summed E-state index contributed by atoms with van der Waals surface area (Å²) in [5.41, 5.74) is 3.08. The van der Waals surface area contributed by atoms with E-state index in [4.69, 9.17) is 4.74 Å². The molecule has 0 aliphatic rings. The normalized spacial score (nSPS) is 10.7. The second kappa shape index (κ2) is 8.62. The molecule has 1 heterocycles. The number of halogens is 1. The van der Waals surface area contributed by atoms with Crippen LogP contribution in [0.1, 0.15) is 37.7 Å². The maximum absolute atomic E-state index is 12.7. The first-order valence-corrected chi connectivity index (χ1v) is 9.89. The smallest absolute Gasteiger partial charge is 0.339 e. The summed E-state index contributed by atoms with van der Waals surface area (Å²) in [7, 11) is 0. The van der Waals surface area contributed by atoms with Crippen molar-refractivity contribution < 1.29 is 19.2 Å². The first kappa shape index (κ1) is 21.4. The third-order valence-corrected chi connectivity index (χ3v) is 5.40. The van der Waals surface area contributed by atoms with Crippen LogP contribution in [-0.4, -0.2) is 27.8 Å². The number of nitrogens with zero attached hydrogens (tertiary/aromatic N) is 2. The number of hydrogen-bond acceptors (Lipinski definition) is 5. The minimum Gasteiger partial charge on any atom is -0.454 e. The highest BCUT2D eigenvalue weighted by Crippen LogP contribution is 2.24. The number of nitro benzene ring substituents is 1. The van der Waals surface area contributed by atoms with Crippen LogP contribution in [0.3, 0.4) is 0 Å². The number of ether oxygens (including phenoxy) is 1. The fourth-order valence-electron chi connectivity index (χ4n) is 3.36. The zero-order chi connectivity index (χ0) is 22.0. The molecule has 30 heavy (non-hydrogen) atoms. The highest BCUT2D eigenvalue weighted by molar-refractivity contribution is 9.10. The minimum atomic E-state index is -0.772. The maximum Gasteiger partial charge on any atom is 0.339 e. The number of carbonyl (C=O) groups excluding carboxylic acids is 2. The predicted octanol–water partition coefficient (Wildman–Crippen LogP) is 5.11. The third kappa shape index (κ3) is 4.18. The number of esters is 1. The molecule has 154 valence electrons. The Labute approximate surface area is 181 Å². The zero-order valence-corrected chi connectivity index (χ0v) is 18.2. The highest BCUT2D eigenvalue weighted by atomic mass is 79.9. The fraction of sp³-hybridized carbons (Fsp3) is 0.182. The van der Waals surface area contributed by atoms with Gasteiger partial charge in [-0.15, -0.1) is 0 Å². The summed E-state index contributed by atoms with van der Waals surface area (Å²) in [4.78, 5) is 35.6. The molecule has 0 amide bonds. The molecule has 1 aromatic heterocycles. The molecule has 0 aliphatic carbocycles. The van der Waals surface area contributed by atoms with Gasteiger partial charge in [-0.05, 0) is 57.2 Å². The number of aryl methyl sites for hydroxylation is 1. The van der Waals surface area contributed by atoms with Crippen molar-refractivity contribution >= 4 is 33.4 Å². The van der Waals surface area contributed by atoms with Crippen LogP contribution >= 0.6 is 15.9 Å². The molecular weight excluding hydrogens is 452 g/mol. The van der Waals surface area contributed by atoms with E-state index in [9.17, 15) is 19.7 Å². The molecule has 3 aromatic rings. The topological polar surface area (TPSA) is 91.4 Å². The summed E-state index contributed by atoms with van der Waals surface area (Å²) < 4.78 is 8.06. The largest absolute Gasteiger partial charge is 0.454 e. The Hall–Kier alpha value is -3.26. The van der Waals surface area contributed by atoms with Crippen molar-refractivity contribution in [3.8, 4) is 5.69 Å². The molecule has 7 nitrogen and oxygen atoms in total. The summed E-state index contributed by atoms with van der Waals surface area (Å²) in [6.45, 7) is 4.74. The predicted molar refractivity (Wildman–Crippen MR) is 115 cm³/mol. The van der Waals surface area contributed by atoms with E-state index in [1.54, 1.807) is 6.07 Å². The maximum atomic E-state index is 12.7. The van der Waals surface area contributed by atoms with E-state index in [2.05, 4.69) is 15.9 Å². The average molecular weight is 471 g/mol. The molecule has 0 unspecified atom stereocenters. The lowest BCUT2D eigenvalue weighted by atomic mass is 10.1. The third-order valence-electron chi connectivity index (χ3n) is 4.87. The van der Waals surface area contributed by atoms with E-state index in [0.29, 0.717) is 5.56 Å². The Bertz CT molecular complexity index is 1150. The van der Waals surface area contributed by atoms with E-state index in [1.165, 1.54) is 25.1 Å². The van der Waals surface area contributed by atoms with E-state index in [1.807, 2.05) is 42.7 Å². The quantitative estimate of drug-likeness (QED) is 0.216. The molecule has 0 saturated carbocycles. The van der Waals surface area contributed by atoms with Crippen molar-refractivity contribution in [2.75, 3.05) is 6.61 Å². The van der Waals surface area contributed by atoms with Gasteiger partial charge in [0.2, 0.25) is 5.78 Å². The SMILES string of the molecule is Cc1c(C(=O)OCC(=O)c2cc(C)n(-c3ccc(Br)cc3)c2C)cccc1[N+](=O)[O-]. The van der Waals surface area contributed by atoms with Crippen molar-refractivity contribution in [1.82, 2.24) is 4.57 Å². The summed E-state index contributed by atoms with van der Waals surface area (Å²) in [5.74, 6) is -1.12. The van der Waals surface area contributed by atoms with Crippen molar-refractivity contribution in [3.05, 3.63) is 91.2 Å². The number of benzene rings is 2. The second-order valence-corrected chi connectivity index (χ2v) is 7.72. The molecule has 0 atom stereocenters. The first-order chi connectivity index (χ1) is 14.2. The van der Waals surface area contributed by atoms with Crippen molar-refractivity contribution in [3.63, 3.8) is 0 Å². The summed E-state index contributed by atoms with van der Waals surface area (Å²) in [6, 6.07) is 13.6. The van der Waals surface area contributed by atoms with E-state index < -0.39 is 17.5 Å². The van der Waals surface area contributed by atoms with Crippen molar-refractivity contribution in [1.29, 1.82) is 0 Å². The van der Waals surface area contributed by atoms with Crippen LogP contribution in [-0.2, 0) is 4.74 Å². The van der Waals surface area contributed by atoms with Gasteiger partial charge in [-0.1, -0.05) is 22.0 Å². The van der Waals surface area contributed by atoms with Crippen molar-refractivity contribution in [2.24, 2.45) is 0 Å². The van der Waals surface area contributed by atoms with Gasteiger partial charge < -0.3 is 9.30 Å². The number of nitro groups is 1. The van der Waals surface area contributed by atoms with Gasteiger partial charge in [-0.3, -0.25) is 14.9 Å². The molecule has 0 radical (unpaired) electrons. The number of aromatic nitrogens is 1. The van der Waals surface area contributed by atoms with Gasteiger partial charge in [0.1, 0.15) is 0 Å². The van der Waals surface area contributed by atoms with Gasteiger partial charge in [-0.25, -0.2) is 4.79 Å². The number of ketones is 1. The van der Waals surface area contributed by atoms with Gasteiger partial charge in [0.25, 0.3) is 5.69 Å². The molecule has 0 saturated heterocycles. The van der Waals surface area contributed by atoms with Crippen LogP contribution in [0.4, 0.5) is 5.69 Å². The number of Topliss-reactive ketones (excluding diaryl/α,β-unsaturated/α-hetero) is 1. The Balaban J connectivity index is 1.78. The number of rotatable bonds is 6. The van der Waals surface area contributed by atoms with Gasteiger partial charge in [-0.2, -0.15) is 0 Å². The first-order valence-electron chi connectivity index (χ1n) is 9.10. The van der Waals surface area contributed by atoms with Gasteiger partial charge in [0.05, 0.1) is 10.5 Å². The second-order valence-electron chi connectivity index (χ2n) is 6.80. The van der Waals surface area contributed by atoms with Crippen LogP contribution in [0.15, 0.2) is 53.0 Å². The van der Waals surface area contributed by atoms with Gasteiger partial charge in [0.15, 0.2) is 6.61 Å². The number of hydrogen-bond donors (Lipinski definition) is 0. The molecular formula is C22H19BrN2O5. The lowest BCUT2D eigenvalue weighted by Gasteiger charge is -2.10. The van der Waals surface area contributed by atoms with Gasteiger partial charge in [0, 0.05) is 38.7 Å². The Morgan fingerprint density at radius 3 is 2.37 bits per heavy atom. The average Bonchev–Trinajstić information content (AvgIpc) is 3.00. The number of carbonyl (C=O) groups is 2. The van der Waals surface area contributed by atoms with Crippen molar-refractivity contribution in [2.45, 2.75) is 20.8 Å².